The summed E-state index contributed by atoms with van der Waals surface area (Å²) in [7, 11) is 0. The number of nitrogens with zero attached hydrogens (tertiary/aromatic N) is 4. The SMILES string of the molecule is Cc1ccn2c(CC(=O)N3CCN(c4ccccc4)CC3)c(-c3ccc(C)c(C)c3)nc2c1. The maximum atomic E-state index is 13.4. The van der Waals surface area contributed by atoms with Crippen molar-refractivity contribution in [3.05, 3.63) is 89.2 Å². The lowest BCUT2D eigenvalue weighted by atomic mass is 10.0. The minimum atomic E-state index is 0.162. The maximum Gasteiger partial charge on any atom is 0.228 e. The Morgan fingerprint density at radius 1 is 0.879 bits per heavy atom. The minimum absolute atomic E-state index is 0.162. The fraction of sp³-hybridized carbons (Fsp3) is 0.286. The molecule has 3 heterocycles. The van der Waals surface area contributed by atoms with Gasteiger partial charge in [-0.15, -0.1) is 0 Å². The van der Waals surface area contributed by atoms with E-state index in [0.29, 0.717) is 6.42 Å². The molecule has 0 saturated carbocycles. The van der Waals surface area contributed by atoms with Gasteiger partial charge in [0.05, 0.1) is 17.8 Å². The van der Waals surface area contributed by atoms with Crippen LogP contribution in [0.4, 0.5) is 5.69 Å². The van der Waals surface area contributed by atoms with Crippen LogP contribution in [0.1, 0.15) is 22.4 Å². The Kier molecular flexibility index (Phi) is 5.63. The average Bonchev–Trinajstić information content (AvgIpc) is 3.18. The third-order valence-corrected chi connectivity index (χ3v) is 6.73. The normalized spacial score (nSPS) is 14.2. The Morgan fingerprint density at radius 2 is 1.64 bits per heavy atom. The van der Waals surface area contributed by atoms with E-state index in [1.54, 1.807) is 0 Å². The molecule has 4 aromatic rings. The third-order valence-electron chi connectivity index (χ3n) is 6.73. The van der Waals surface area contributed by atoms with Crippen LogP contribution in [-0.4, -0.2) is 46.4 Å². The fourth-order valence-electron chi connectivity index (χ4n) is 4.59. The number of aryl methyl sites for hydroxylation is 3. The lowest BCUT2D eigenvalue weighted by molar-refractivity contribution is -0.130. The van der Waals surface area contributed by atoms with Gasteiger partial charge in [0.2, 0.25) is 5.91 Å². The van der Waals surface area contributed by atoms with Gasteiger partial charge in [-0.05, 0) is 67.8 Å². The standard InChI is InChI=1S/C28H30N4O/c1-20-11-12-32-25(28(29-26(32)17-20)23-10-9-21(2)22(3)18-23)19-27(33)31-15-13-30(14-16-31)24-7-5-4-6-8-24/h4-12,17-18H,13-16,19H2,1-3H3. The van der Waals surface area contributed by atoms with E-state index in [1.165, 1.54) is 16.8 Å². The second-order valence-electron chi connectivity index (χ2n) is 9.02. The molecule has 0 N–H and O–H groups in total. The van der Waals surface area contributed by atoms with Gasteiger partial charge in [0.15, 0.2) is 0 Å². The van der Waals surface area contributed by atoms with E-state index >= 15 is 0 Å². The maximum absolute atomic E-state index is 13.4. The summed E-state index contributed by atoms with van der Waals surface area (Å²) >= 11 is 0. The van der Waals surface area contributed by atoms with Crippen LogP contribution in [0.25, 0.3) is 16.9 Å². The smallest absolute Gasteiger partial charge is 0.228 e. The van der Waals surface area contributed by atoms with E-state index in [1.807, 2.05) is 17.2 Å². The van der Waals surface area contributed by atoms with Crippen molar-refractivity contribution < 1.29 is 4.79 Å². The fourth-order valence-corrected chi connectivity index (χ4v) is 4.59. The highest BCUT2D eigenvalue weighted by atomic mass is 16.2. The summed E-state index contributed by atoms with van der Waals surface area (Å²) in [6, 6.07) is 21.0. The molecule has 0 atom stereocenters. The van der Waals surface area contributed by atoms with Crippen molar-refractivity contribution in [1.82, 2.24) is 14.3 Å². The highest BCUT2D eigenvalue weighted by Crippen LogP contribution is 2.28. The van der Waals surface area contributed by atoms with Crippen LogP contribution >= 0.6 is 0 Å². The van der Waals surface area contributed by atoms with E-state index < -0.39 is 0 Å². The van der Waals surface area contributed by atoms with Gasteiger partial charge in [-0.25, -0.2) is 4.98 Å². The summed E-state index contributed by atoms with van der Waals surface area (Å²) in [5.41, 5.74) is 8.69. The zero-order valence-electron chi connectivity index (χ0n) is 19.6. The largest absolute Gasteiger partial charge is 0.368 e. The molecular formula is C28H30N4O. The number of carbonyl (C=O) groups is 1. The first-order valence-electron chi connectivity index (χ1n) is 11.6. The number of piperazine rings is 1. The van der Waals surface area contributed by atoms with Crippen molar-refractivity contribution >= 4 is 17.2 Å². The second-order valence-corrected chi connectivity index (χ2v) is 9.02. The number of hydrogen-bond acceptors (Lipinski definition) is 3. The Bertz CT molecular complexity index is 1300. The third kappa shape index (κ3) is 4.23. The molecule has 1 aliphatic heterocycles. The zero-order valence-corrected chi connectivity index (χ0v) is 19.6. The van der Waals surface area contributed by atoms with Crippen molar-refractivity contribution in [1.29, 1.82) is 0 Å². The van der Waals surface area contributed by atoms with Gasteiger partial charge in [-0.1, -0.05) is 30.3 Å². The second kappa shape index (κ2) is 8.74. The predicted molar refractivity (Wildman–Crippen MR) is 134 cm³/mol. The summed E-state index contributed by atoms with van der Waals surface area (Å²) in [6.07, 6.45) is 2.38. The van der Waals surface area contributed by atoms with Crippen molar-refractivity contribution in [3.63, 3.8) is 0 Å². The van der Waals surface area contributed by atoms with Crippen LogP contribution in [0.3, 0.4) is 0 Å². The Labute approximate surface area is 195 Å². The van der Waals surface area contributed by atoms with Crippen molar-refractivity contribution in [2.45, 2.75) is 27.2 Å². The molecule has 0 bridgehead atoms. The molecule has 2 aromatic carbocycles. The summed E-state index contributed by atoms with van der Waals surface area (Å²) < 4.78 is 2.08. The molecule has 2 aromatic heterocycles. The topological polar surface area (TPSA) is 40.9 Å². The summed E-state index contributed by atoms with van der Waals surface area (Å²) in [4.78, 5) is 22.7. The molecule has 1 amide bonds. The van der Waals surface area contributed by atoms with Crippen LogP contribution in [0.5, 0.6) is 0 Å². The lowest BCUT2D eigenvalue weighted by Gasteiger charge is -2.36. The quantitative estimate of drug-likeness (QED) is 0.459. The monoisotopic (exact) mass is 438 g/mol. The van der Waals surface area contributed by atoms with Crippen LogP contribution < -0.4 is 4.90 Å². The molecule has 33 heavy (non-hydrogen) atoms. The molecule has 5 nitrogen and oxygen atoms in total. The van der Waals surface area contributed by atoms with Gasteiger partial charge < -0.3 is 14.2 Å². The van der Waals surface area contributed by atoms with E-state index in [-0.39, 0.29) is 5.91 Å². The number of pyridine rings is 1. The number of aromatic nitrogens is 2. The Balaban J connectivity index is 1.41. The molecular weight excluding hydrogens is 408 g/mol. The van der Waals surface area contributed by atoms with Crippen molar-refractivity contribution in [2.24, 2.45) is 0 Å². The van der Waals surface area contributed by atoms with E-state index in [4.69, 9.17) is 4.98 Å². The average molecular weight is 439 g/mol. The Morgan fingerprint density at radius 3 is 2.36 bits per heavy atom. The van der Waals surface area contributed by atoms with Crippen LogP contribution in [-0.2, 0) is 11.2 Å². The van der Waals surface area contributed by atoms with E-state index in [0.717, 1.165) is 54.3 Å². The number of fused-ring (bicyclic) bond motifs is 1. The number of benzene rings is 2. The summed E-state index contributed by atoms with van der Waals surface area (Å²) in [5, 5.41) is 0. The van der Waals surface area contributed by atoms with Gasteiger partial charge >= 0.3 is 0 Å². The minimum Gasteiger partial charge on any atom is -0.368 e. The first kappa shape index (κ1) is 21.3. The lowest BCUT2D eigenvalue weighted by Crippen LogP contribution is -2.49. The molecule has 0 spiro atoms. The molecule has 5 rings (SSSR count). The highest BCUT2D eigenvalue weighted by Gasteiger charge is 2.24. The first-order valence-corrected chi connectivity index (χ1v) is 11.6. The molecule has 0 radical (unpaired) electrons. The van der Waals surface area contributed by atoms with Gasteiger partial charge in [0.25, 0.3) is 0 Å². The number of hydrogen-bond donors (Lipinski definition) is 0. The highest BCUT2D eigenvalue weighted by molar-refractivity contribution is 5.82. The molecule has 0 unspecified atom stereocenters. The number of carbonyl (C=O) groups excluding carboxylic acids is 1. The van der Waals surface area contributed by atoms with Gasteiger partial charge in [0.1, 0.15) is 5.65 Å². The molecule has 168 valence electrons. The number of imidazole rings is 1. The molecule has 1 saturated heterocycles. The molecule has 1 aliphatic rings. The molecule has 0 aliphatic carbocycles. The molecule has 1 fully saturated rings. The predicted octanol–water partition coefficient (Wildman–Crippen LogP) is 4.82. The number of amides is 1. The number of para-hydroxylation sites is 1. The number of rotatable bonds is 4. The first-order chi connectivity index (χ1) is 16.0. The van der Waals surface area contributed by atoms with Crippen LogP contribution in [0, 0.1) is 20.8 Å². The zero-order chi connectivity index (χ0) is 22.9. The van der Waals surface area contributed by atoms with E-state index in [2.05, 4.69) is 84.7 Å². The van der Waals surface area contributed by atoms with Gasteiger partial charge in [0, 0.05) is 43.6 Å². The summed E-state index contributed by atoms with van der Waals surface area (Å²) in [5.74, 6) is 0.162. The summed E-state index contributed by atoms with van der Waals surface area (Å²) in [6.45, 7) is 9.49. The molecule has 5 heteroatoms. The van der Waals surface area contributed by atoms with Crippen molar-refractivity contribution in [2.75, 3.05) is 31.1 Å². The van der Waals surface area contributed by atoms with E-state index in [9.17, 15) is 4.79 Å². The van der Waals surface area contributed by atoms with Crippen molar-refractivity contribution in [3.8, 4) is 11.3 Å². The number of anilines is 1. The Hall–Kier alpha value is -3.60. The van der Waals surface area contributed by atoms with Crippen LogP contribution in [0.2, 0.25) is 0 Å². The van der Waals surface area contributed by atoms with Crippen LogP contribution in [0.15, 0.2) is 66.9 Å². The van der Waals surface area contributed by atoms with Gasteiger partial charge in [-0.3, -0.25) is 4.79 Å². The van der Waals surface area contributed by atoms with Gasteiger partial charge in [-0.2, -0.15) is 0 Å².